The lowest BCUT2D eigenvalue weighted by molar-refractivity contribution is 0.205. The summed E-state index contributed by atoms with van der Waals surface area (Å²) in [6.45, 7) is 0.769. The third-order valence-corrected chi connectivity index (χ3v) is 5.31. The van der Waals surface area contributed by atoms with Crippen LogP contribution in [0.15, 0.2) is 4.90 Å². The molecule has 0 bridgehead atoms. The van der Waals surface area contributed by atoms with Gasteiger partial charge in [0, 0.05) is 20.2 Å². The average molecular weight is 349 g/mol. The molecule has 0 amide bonds. The standard InChI is InChI=1S/C13H14ClFN2O4S/c1-3-6-21-13-10-11(9(14)12(15)16-13)22(18,19)8-5-17(10)4-7-20-2/h1H,4-8H2,2H3. The third-order valence-electron chi connectivity index (χ3n) is 3.11. The number of nitrogens with zero attached hydrogens (tertiary/aromatic N) is 2. The molecule has 0 saturated heterocycles. The van der Waals surface area contributed by atoms with Crippen LogP contribution in [-0.4, -0.2) is 52.6 Å². The van der Waals surface area contributed by atoms with Crippen molar-refractivity contribution in [2.45, 2.75) is 4.90 Å². The van der Waals surface area contributed by atoms with Gasteiger partial charge < -0.3 is 14.4 Å². The lowest BCUT2D eigenvalue weighted by atomic mass is 10.3. The van der Waals surface area contributed by atoms with E-state index >= 15 is 0 Å². The molecule has 0 saturated carbocycles. The van der Waals surface area contributed by atoms with Crippen LogP contribution in [0.3, 0.4) is 0 Å². The molecule has 0 aromatic carbocycles. The van der Waals surface area contributed by atoms with Gasteiger partial charge in [-0.1, -0.05) is 17.5 Å². The van der Waals surface area contributed by atoms with E-state index in [0.717, 1.165) is 0 Å². The van der Waals surface area contributed by atoms with Crippen LogP contribution in [0.2, 0.25) is 5.02 Å². The lowest BCUT2D eigenvalue weighted by Gasteiger charge is -2.32. The molecule has 2 rings (SSSR count). The Morgan fingerprint density at radius 2 is 2.27 bits per heavy atom. The second-order valence-electron chi connectivity index (χ2n) is 4.49. The fourth-order valence-electron chi connectivity index (χ4n) is 2.13. The summed E-state index contributed by atoms with van der Waals surface area (Å²) in [7, 11) is -2.21. The fraction of sp³-hybridized carbons (Fsp3) is 0.462. The molecule has 1 aromatic heterocycles. The summed E-state index contributed by atoms with van der Waals surface area (Å²) in [6, 6.07) is 0. The number of terminal acetylenes is 1. The minimum atomic E-state index is -3.73. The highest BCUT2D eigenvalue weighted by atomic mass is 35.5. The normalized spacial score (nSPS) is 16.0. The van der Waals surface area contributed by atoms with Gasteiger partial charge in [0.05, 0.1) is 12.4 Å². The van der Waals surface area contributed by atoms with Gasteiger partial charge >= 0.3 is 0 Å². The van der Waals surface area contributed by atoms with Crippen LogP contribution < -0.4 is 9.64 Å². The largest absolute Gasteiger partial charge is 0.463 e. The molecule has 120 valence electrons. The number of hydrogen-bond acceptors (Lipinski definition) is 6. The van der Waals surface area contributed by atoms with Gasteiger partial charge in [-0.15, -0.1) is 6.42 Å². The van der Waals surface area contributed by atoms with E-state index < -0.39 is 20.8 Å². The first-order chi connectivity index (χ1) is 10.4. The molecule has 0 aliphatic carbocycles. The molecule has 0 atom stereocenters. The first-order valence-electron chi connectivity index (χ1n) is 6.34. The van der Waals surface area contributed by atoms with Gasteiger partial charge in [-0.25, -0.2) is 8.42 Å². The van der Waals surface area contributed by atoms with Crippen molar-refractivity contribution in [1.82, 2.24) is 4.98 Å². The number of anilines is 1. The number of hydrogen-bond donors (Lipinski definition) is 0. The van der Waals surface area contributed by atoms with E-state index in [1.807, 2.05) is 0 Å². The number of pyridine rings is 1. The first kappa shape index (κ1) is 16.8. The molecule has 0 fully saturated rings. The molecule has 0 radical (unpaired) electrons. The van der Waals surface area contributed by atoms with E-state index in [1.165, 1.54) is 7.11 Å². The number of fused-ring (bicyclic) bond motifs is 1. The lowest BCUT2D eigenvalue weighted by Crippen LogP contribution is -2.38. The van der Waals surface area contributed by atoms with Crippen LogP contribution in [0.4, 0.5) is 10.1 Å². The molecule has 6 nitrogen and oxygen atoms in total. The van der Waals surface area contributed by atoms with Crippen molar-refractivity contribution in [1.29, 1.82) is 0 Å². The molecule has 1 aliphatic heterocycles. The Hall–Kier alpha value is -1.56. The molecule has 0 spiro atoms. The maximum absolute atomic E-state index is 13.8. The van der Waals surface area contributed by atoms with Crippen LogP contribution in [0, 0.1) is 18.3 Å². The Labute approximate surface area is 133 Å². The van der Waals surface area contributed by atoms with E-state index in [1.54, 1.807) is 4.90 Å². The minimum absolute atomic E-state index is 0.130. The van der Waals surface area contributed by atoms with Crippen molar-refractivity contribution in [3.05, 3.63) is 11.0 Å². The Balaban J connectivity index is 2.63. The summed E-state index contributed by atoms with van der Waals surface area (Å²) in [4.78, 5) is 4.96. The van der Waals surface area contributed by atoms with Crippen LogP contribution in [0.25, 0.3) is 0 Å². The van der Waals surface area contributed by atoms with Crippen molar-refractivity contribution in [2.24, 2.45) is 0 Å². The maximum Gasteiger partial charge on any atom is 0.242 e. The second-order valence-corrected chi connectivity index (χ2v) is 6.91. The van der Waals surface area contributed by atoms with Gasteiger partial charge in [-0.2, -0.15) is 9.37 Å². The number of ether oxygens (including phenoxy) is 2. The summed E-state index contributed by atoms with van der Waals surface area (Å²) < 4.78 is 48.5. The smallest absolute Gasteiger partial charge is 0.242 e. The van der Waals surface area contributed by atoms with Crippen molar-refractivity contribution in [3.8, 4) is 18.2 Å². The van der Waals surface area contributed by atoms with E-state index in [2.05, 4.69) is 10.9 Å². The summed E-state index contributed by atoms with van der Waals surface area (Å²) >= 11 is 5.83. The Morgan fingerprint density at radius 1 is 1.55 bits per heavy atom. The predicted octanol–water partition coefficient (Wildman–Crippen LogP) is 1.13. The number of rotatable bonds is 5. The second kappa shape index (κ2) is 6.69. The van der Waals surface area contributed by atoms with Crippen LogP contribution >= 0.6 is 11.6 Å². The summed E-state index contributed by atoms with van der Waals surface area (Å²) in [5.41, 5.74) is 0.130. The van der Waals surface area contributed by atoms with Crippen LogP contribution in [-0.2, 0) is 14.6 Å². The van der Waals surface area contributed by atoms with E-state index in [9.17, 15) is 12.8 Å². The highest BCUT2D eigenvalue weighted by Crippen LogP contribution is 2.42. The molecular weight excluding hydrogens is 335 g/mol. The molecule has 1 aromatic rings. The zero-order chi connectivity index (χ0) is 16.3. The number of halogens is 2. The summed E-state index contributed by atoms with van der Waals surface area (Å²) in [5, 5.41) is -0.537. The predicted molar refractivity (Wildman–Crippen MR) is 79.7 cm³/mol. The van der Waals surface area contributed by atoms with Gasteiger partial charge in [0.25, 0.3) is 0 Å². The minimum Gasteiger partial charge on any atom is -0.463 e. The Bertz CT molecular complexity index is 718. The quantitative estimate of drug-likeness (QED) is 0.587. The van der Waals surface area contributed by atoms with Gasteiger partial charge in [0.1, 0.15) is 15.6 Å². The SMILES string of the molecule is C#CCOc1nc(F)c(Cl)c2c1N(CCOC)CCS2(=O)=O. The van der Waals surface area contributed by atoms with Crippen LogP contribution in [0.1, 0.15) is 0 Å². The Morgan fingerprint density at radius 3 is 2.91 bits per heavy atom. The van der Waals surface area contributed by atoms with Crippen molar-refractivity contribution < 1.29 is 22.3 Å². The monoisotopic (exact) mass is 348 g/mol. The van der Waals surface area contributed by atoms with Crippen molar-refractivity contribution in [2.75, 3.05) is 44.1 Å². The zero-order valence-electron chi connectivity index (χ0n) is 11.8. The topological polar surface area (TPSA) is 68.7 Å². The molecular formula is C13H14ClFN2O4S. The van der Waals surface area contributed by atoms with Crippen molar-refractivity contribution >= 4 is 27.1 Å². The summed E-state index contributed by atoms with van der Waals surface area (Å²) in [6.07, 6.45) is 5.11. The molecule has 22 heavy (non-hydrogen) atoms. The molecule has 2 heterocycles. The molecule has 0 unspecified atom stereocenters. The molecule has 0 N–H and O–H groups in total. The number of methoxy groups -OCH3 is 1. The highest BCUT2D eigenvalue weighted by molar-refractivity contribution is 7.91. The fourth-order valence-corrected chi connectivity index (χ4v) is 4.15. The summed E-state index contributed by atoms with van der Waals surface area (Å²) in [5.74, 6) is 0.754. The van der Waals surface area contributed by atoms with Gasteiger partial charge in [-0.05, 0) is 0 Å². The highest BCUT2D eigenvalue weighted by Gasteiger charge is 2.36. The molecule has 9 heteroatoms. The number of aromatic nitrogens is 1. The van der Waals surface area contributed by atoms with E-state index in [4.69, 9.17) is 27.5 Å². The molecule has 1 aliphatic rings. The zero-order valence-corrected chi connectivity index (χ0v) is 13.4. The van der Waals surface area contributed by atoms with Crippen molar-refractivity contribution in [3.63, 3.8) is 0 Å². The van der Waals surface area contributed by atoms with Gasteiger partial charge in [0.15, 0.2) is 16.4 Å². The van der Waals surface area contributed by atoms with Gasteiger partial charge in [0.2, 0.25) is 11.8 Å². The average Bonchev–Trinajstić information content (AvgIpc) is 2.47. The first-order valence-corrected chi connectivity index (χ1v) is 8.37. The van der Waals surface area contributed by atoms with Gasteiger partial charge in [-0.3, -0.25) is 0 Å². The Kier molecular flexibility index (Phi) is 5.11. The van der Waals surface area contributed by atoms with E-state index in [-0.39, 0.29) is 35.4 Å². The van der Waals surface area contributed by atoms with E-state index in [0.29, 0.717) is 13.2 Å². The van der Waals surface area contributed by atoms with Crippen LogP contribution in [0.5, 0.6) is 5.88 Å². The third kappa shape index (κ3) is 3.11. The number of sulfone groups is 1. The maximum atomic E-state index is 13.8.